The second-order valence-corrected chi connectivity index (χ2v) is 10.7. The monoisotopic (exact) mass is 606 g/mol. The third-order valence-electron chi connectivity index (χ3n) is 6.08. The molecule has 202 valence electrons. The predicted octanol–water partition coefficient (Wildman–Crippen LogP) is 6.32. The molecular weight excluding hydrogens is 571 g/mol. The number of halogens is 3. The van der Waals surface area contributed by atoms with Crippen molar-refractivity contribution < 1.29 is 23.9 Å². The molecule has 1 unspecified atom stereocenters. The van der Waals surface area contributed by atoms with Gasteiger partial charge in [-0.15, -0.1) is 0 Å². The van der Waals surface area contributed by atoms with Crippen molar-refractivity contribution in [3.05, 3.63) is 26.7 Å². The molecule has 1 N–H and O–H groups in total. The molecule has 36 heavy (non-hydrogen) atoms. The Balaban J connectivity index is 1.72. The Kier molecular flexibility index (Phi) is 14.6. The highest BCUT2D eigenvalue weighted by Gasteiger charge is 2.35. The van der Waals surface area contributed by atoms with Crippen LogP contribution in [-0.4, -0.2) is 55.0 Å². The van der Waals surface area contributed by atoms with Gasteiger partial charge in [-0.2, -0.15) is 0 Å². The fourth-order valence-electron chi connectivity index (χ4n) is 4.09. The molecular formula is C26H37BrCl2N2O5. The van der Waals surface area contributed by atoms with Crippen LogP contribution in [0, 0.1) is 0 Å². The first-order valence-electron chi connectivity index (χ1n) is 12.8. The molecule has 1 heterocycles. The first-order valence-corrected chi connectivity index (χ1v) is 14.4. The molecule has 1 fully saturated rings. The van der Waals surface area contributed by atoms with E-state index in [-0.39, 0.29) is 36.3 Å². The van der Waals surface area contributed by atoms with Crippen LogP contribution in [0.2, 0.25) is 10.0 Å². The Morgan fingerprint density at radius 1 is 1.06 bits per heavy atom. The van der Waals surface area contributed by atoms with Gasteiger partial charge >= 0.3 is 5.97 Å². The summed E-state index contributed by atoms with van der Waals surface area (Å²) < 4.78 is 11.4. The molecule has 1 atom stereocenters. The van der Waals surface area contributed by atoms with Gasteiger partial charge in [0.15, 0.2) is 12.4 Å². The lowest BCUT2D eigenvalue weighted by Gasteiger charge is -2.34. The van der Waals surface area contributed by atoms with E-state index in [0.29, 0.717) is 22.6 Å². The van der Waals surface area contributed by atoms with Crippen LogP contribution in [-0.2, 0) is 19.1 Å². The van der Waals surface area contributed by atoms with Crippen LogP contribution in [0.25, 0.3) is 0 Å². The number of carbonyl (C=O) groups excluding carboxylic acids is 3. The third kappa shape index (κ3) is 10.9. The van der Waals surface area contributed by atoms with Gasteiger partial charge in [0.2, 0.25) is 5.91 Å². The van der Waals surface area contributed by atoms with Gasteiger partial charge in [-0.25, -0.2) is 0 Å². The number of amides is 2. The normalized spacial score (nSPS) is 15.5. The van der Waals surface area contributed by atoms with Crippen molar-refractivity contribution in [1.29, 1.82) is 0 Å². The van der Waals surface area contributed by atoms with E-state index in [1.807, 2.05) is 0 Å². The SMILES string of the molecule is CCCCCCCCCCCCOC(=O)CC1C(=O)NCCN1C(=O)COc1c(Cl)cc(Cl)cc1Br. The summed E-state index contributed by atoms with van der Waals surface area (Å²) in [6, 6.07) is 2.18. The number of rotatable bonds is 16. The van der Waals surface area contributed by atoms with Crippen molar-refractivity contribution in [3.8, 4) is 5.75 Å². The lowest BCUT2D eigenvalue weighted by Crippen LogP contribution is -2.58. The van der Waals surface area contributed by atoms with Crippen LogP contribution >= 0.6 is 39.1 Å². The zero-order valence-corrected chi connectivity index (χ0v) is 24.1. The number of unbranched alkanes of at least 4 members (excludes halogenated alkanes) is 9. The molecule has 1 aliphatic rings. The Morgan fingerprint density at radius 2 is 1.69 bits per heavy atom. The number of hydrogen-bond acceptors (Lipinski definition) is 5. The Labute approximate surface area is 232 Å². The summed E-state index contributed by atoms with van der Waals surface area (Å²) in [5.41, 5.74) is 0. The van der Waals surface area contributed by atoms with Gasteiger partial charge in [0.25, 0.3) is 5.91 Å². The van der Waals surface area contributed by atoms with E-state index in [2.05, 4.69) is 28.2 Å². The van der Waals surface area contributed by atoms with E-state index >= 15 is 0 Å². The molecule has 0 saturated carbocycles. The first-order chi connectivity index (χ1) is 17.3. The number of nitrogens with one attached hydrogen (secondary N) is 1. The number of piperazine rings is 1. The number of ether oxygens (including phenoxy) is 2. The number of nitrogens with zero attached hydrogens (tertiary/aromatic N) is 1. The van der Waals surface area contributed by atoms with E-state index in [1.165, 1.54) is 55.9 Å². The largest absolute Gasteiger partial charge is 0.481 e. The van der Waals surface area contributed by atoms with Gasteiger partial charge in [0, 0.05) is 18.1 Å². The van der Waals surface area contributed by atoms with Crippen molar-refractivity contribution in [3.63, 3.8) is 0 Å². The summed E-state index contributed by atoms with van der Waals surface area (Å²) in [5.74, 6) is -1.01. The summed E-state index contributed by atoms with van der Waals surface area (Å²) in [6.45, 7) is 2.79. The molecule has 10 heteroatoms. The minimum atomic E-state index is -0.931. The number of carbonyl (C=O) groups is 3. The van der Waals surface area contributed by atoms with Crippen LogP contribution in [0.3, 0.4) is 0 Å². The van der Waals surface area contributed by atoms with E-state index < -0.39 is 17.9 Å². The maximum absolute atomic E-state index is 12.8. The molecule has 7 nitrogen and oxygen atoms in total. The standard InChI is InChI=1S/C26H37BrCl2N2O5/c1-2-3-4-5-6-7-8-9-10-11-14-35-24(33)17-22-26(34)30-12-13-31(22)23(32)18-36-25-20(27)15-19(28)16-21(25)29/h15-16,22H,2-14,17-18H2,1H3,(H,30,34). The van der Waals surface area contributed by atoms with E-state index in [4.69, 9.17) is 32.7 Å². The fourth-order valence-corrected chi connectivity index (χ4v) is 5.46. The molecule has 0 aromatic heterocycles. The second-order valence-electron chi connectivity index (χ2n) is 8.99. The van der Waals surface area contributed by atoms with Crippen molar-refractivity contribution in [1.82, 2.24) is 10.2 Å². The number of benzene rings is 1. The van der Waals surface area contributed by atoms with Gasteiger partial charge in [0.05, 0.1) is 22.5 Å². The molecule has 2 amide bonds. The van der Waals surface area contributed by atoms with Crippen LogP contribution in [0.1, 0.15) is 77.6 Å². The maximum atomic E-state index is 12.8. The van der Waals surface area contributed by atoms with Gasteiger partial charge in [-0.1, -0.05) is 87.9 Å². The summed E-state index contributed by atoms with van der Waals surface area (Å²) >= 11 is 15.4. The predicted molar refractivity (Wildman–Crippen MR) is 146 cm³/mol. The molecule has 0 bridgehead atoms. The summed E-state index contributed by atoms with van der Waals surface area (Å²) in [6.07, 6.45) is 11.7. The van der Waals surface area contributed by atoms with Crippen LogP contribution in [0.4, 0.5) is 0 Å². The second kappa shape index (κ2) is 17.1. The zero-order valence-electron chi connectivity index (χ0n) is 21.0. The zero-order chi connectivity index (χ0) is 26.3. The van der Waals surface area contributed by atoms with Gasteiger partial charge in [0.1, 0.15) is 6.04 Å². The summed E-state index contributed by atoms with van der Waals surface area (Å²) in [7, 11) is 0. The molecule has 1 saturated heterocycles. The highest BCUT2D eigenvalue weighted by atomic mass is 79.9. The Morgan fingerprint density at radius 3 is 2.33 bits per heavy atom. The average Bonchev–Trinajstić information content (AvgIpc) is 2.83. The van der Waals surface area contributed by atoms with Crippen molar-refractivity contribution in [2.75, 3.05) is 26.3 Å². The minimum absolute atomic E-state index is 0.194. The quantitative estimate of drug-likeness (QED) is 0.176. The highest BCUT2D eigenvalue weighted by molar-refractivity contribution is 9.10. The molecule has 0 aliphatic carbocycles. The molecule has 2 rings (SSSR count). The molecule has 0 spiro atoms. The number of esters is 1. The van der Waals surface area contributed by atoms with E-state index in [1.54, 1.807) is 6.07 Å². The van der Waals surface area contributed by atoms with Gasteiger partial charge in [-0.3, -0.25) is 14.4 Å². The minimum Gasteiger partial charge on any atom is -0.481 e. The summed E-state index contributed by atoms with van der Waals surface area (Å²) in [5, 5.41) is 3.39. The highest BCUT2D eigenvalue weighted by Crippen LogP contribution is 2.36. The molecule has 1 aromatic rings. The van der Waals surface area contributed by atoms with Crippen molar-refractivity contribution >= 4 is 56.9 Å². The lowest BCUT2D eigenvalue weighted by molar-refractivity contribution is -0.152. The third-order valence-corrected chi connectivity index (χ3v) is 7.16. The molecule has 1 aromatic carbocycles. The van der Waals surface area contributed by atoms with Gasteiger partial charge in [-0.05, 0) is 34.5 Å². The van der Waals surface area contributed by atoms with Crippen molar-refractivity contribution in [2.24, 2.45) is 0 Å². The summed E-state index contributed by atoms with van der Waals surface area (Å²) in [4.78, 5) is 39.0. The smallest absolute Gasteiger partial charge is 0.308 e. The van der Waals surface area contributed by atoms with Gasteiger partial charge < -0.3 is 19.7 Å². The Bertz CT molecular complexity index is 848. The van der Waals surface area contributed by atoms with Crippen molar-refractivity contribution in [2.45, 2.75) is 83.6 Å². The molecule has 1 aliphatic heterocycles. The van der Waals surface area contributed by atoms with Crippen LogP contribution in [0.5, 0.6) is 5.75 Å². The van der Waals surface area contributed by atoms with E-state index in [9.17, 15) is 14.4 Å². The lowest BCUT2D eigenvalue weighted by atomic mass is 10.1. The maximum Gasteiger partial charge on any atom is 0.308 e. The van der Waals surface area contributed by atoms with E-state index in [0.717, 1.165) is 19.3 Å². The Hall–Kier alpha value is -1.51. The number of hydrogen-bond donors (Lipinski definition) is 1. The topological polar surface area (TPSA) is 84.9 Å². The first kappa shape index (κ1) is 30.7. The fraction of sp³-hybridized carbons (Fsp3) is 0.654. The molecule has 0 radical (unpaired) electrons. The average molecular weight is 608 g/mol. The van der Waals surface area contributed by atoms with Crippen LogP contribution < -0.4 is 10.1 Å². The van der Waals surface area contributed by atoms with Crippen LogP contribution in [0.15, 0.2) is 16.6 Å².